The molecule has 182 valence electrons. The van der Waals surface area contributed by atoms with E-state index >= 15 is 0 Å². The number of aromatic nitrogens is 2. The number of benzene rings is 5. The second-order valence-electron chi connectivity index (χ2n) is 8.47. The maximum atomic E-state index is 13.0. The van der Waals surface area contributed by atoms with Crippen LogP contribution in [-0.2, 0) is 0 Å². The fourth-order valence-corrected chi connectivity index (χ4v) is 4.69. The number of carbonyl (C=O) groups is 1. The van der Waals surface area contributed by atoms with Gasteiger partial charge >= 0.3 is 5.97 Å². The van der Waals surface area contributed by atoms with Crippen LogP contribution in [0, 0.1) is 0 Å². The Bertz CT molecular complexity index is 1820. The lowest BCUT2D eigenvalue weighted by atomic mass is 9.99. The Morgan fingerprint density at radius 3 is 1.70 bits per heavy atom. The van der Waals surface area contributed by atoms with E-state index in [1.54, 1.807) is 24.3 Å². The Kier molecular flexibility index (Phi) is 5.45. The highest BCUT2D eigenvalue weighted by Gasteiger charge is 2.19. The molecule has 6 rings (SSSR count). The minimum absolute atomic E-state index is 0.261. The highest BCUT2D eigenvalue weighted by molar-refractivity contribution is 6.23. The lowest BCUT2D eigenvalue weighted by Gasteiger charge is -2.14. The van der Waals surface area contributed by atoms with Gasteiger partial charge in [0.25, 0.3) is 0 Å². The van der Waals surface area contributed by atoms with Gasteiger partial charge in [-0.25, -0.2) is 14.8 Å². The van der Waals surface area contributed by atoms with Crippen LogP contribution >= 0.6 is 0 Å². The third kappa shape index (κ3) is 3.72. The fourth-order valence-electron chi connectivity index (χ4n) is 4.69. The average molecular weight is 491 g/mol. The van der Waals surface area contributed by atoms with Crippen LogP contribution in [0.1, 0.15) is 10.4 Å². The zero-order valence-electron chi connectivity index (χ0n) is 20.4. The topological polar surface area (TPSA) is 79.8 Å². The van der Waals surface area contributed by atoms with Crippen LogP contribution in [-0.4, -0.2) is 37.3 Å². The Balaban J connectivity index is 1.45. The molecule has 0 spiro atoms. The van der Waals surface area contributed by atoms with Crippen LogP contribution < -0.4 is 18.9 Å². The van der Waals surface area contributed by atoms with Gasteiger partial charge < -0.3 is 18.9 Å². The lowest BCUT2D eigenvalue weighted by Crippen LogP contribution is -2.09. The molecule has 1 heterocycles. The summed E-state index contributed by atoms with van der Waals surface area (Å²) in [5.74, 6) is 0.912. The van der Waals surface area contributed by atoms with Crippen molar-refractivity contribution < 1.29 is 23.7 Å². The van der Waals surface area contributed by atoms with Crippen LogP contribution in [0.3, 0.4) is 0 Å². The molecule has 0 aliphatic carbocycles. The number of esters is 1. The maximum Gasteiger partial charge on any atom is 0.343 e. The summed E-state index contributed by atoms with van der Waals surface area (Å²) in [7, 11) is 4.49. The molecule has 7 nitrogen and oxygen atoms in total. The summed E-state index contributed by atoms with van der Waals surface area (Å²) in [4.78, 5) is 22.9. The van der Waals surface area contributed by atoms with Gasteiger partial charge in [-0.05, 0) is 35.0 Å². The Labute approximate surface area is 212 Å². The molecule has 0 aliphatic rings. The van der Waals surface area contributed by atoms with Gasteiger partial charge in [0.05, 0.1) is 49.0 Å². The van der Waals surface area contributed by atoms with Crippen molar-refractivity contribution in [3.63, 3.8) is 0 Å². The molecule has 0 atom stereocenters. The zero-order chi connectivity index (χ0) is 25.5. The van der Waals surface area contributed by atoms with Crippen molar-refractivity contribution in [1.29, 1.82) is 0 Å². The Hall–Kier alpha value is -4.91. The van der Waals surface area contributed by atoms with Crippen LogP contribution in [0.4, 0.5) is 0 Å². The van der Waals surface area contributed by atoms with Gasteiger partial charge in [0.2, 0.25) is 5.75 Å². The lowest BCUT2D eigenvalue weighted by molar-refractivity contribution is 0.0734. The van der Waals surface area contributed by atoms with Gasteiger partial charge in [-0.15, -0.1) is 0 Å². The molecule has 6 aromatic rings. The Morgan fingerprint density at radius 2 is 1.16 bits per heavy atom. The molecule has 0 aliphatic heterocycles. The van der Waals surface area contributed by atoms with Crippen molar-refractivity contribution in [1.82, 2.24) is 9.97 Å². The number of ether oxygens (including phenoxy) is 4. The second kappa shape index (κ2) is 8.95. The first-order valence-corrected chi connectivity index (χ1v) is 11.6. The number of hydrogen-bond acceptors (Lipinski definition) is 7. The standard InChI is InChI=1S/C30H22N2O5/c1-34-25-14-17(15-26(35-2)29(25)36-3)30(33)37-18-12-13-23-24(16-18)32-28-22-11-7-5-9-20(22)19-8-4-6-10-21(19)27(28)31-23/h4-16H,1-3H3. The average Bonchev–Trinajstić information content (AvgIpc) is 2.95. The highest BCUT2D eigenvalue weighted by Crippen LogP contribution is 2.39. The van der Waals surface area contributed by atoms with Gasteiger partial charge in [0.15, 0.2) is 11.5 Å². The number of fused-ring (bicyclic) bond motifs is 7. The van der Waals surface area contributed by atoms with E-state index in [1.807, 2.05) is 30.3 Å². The van der Waals surface area contributed by atoms with Gasteiger partial charge in [-0.1, -0.05) is 48.5 Å². The van der Waals surface area contributed by atoms with Crippen LogP contribution in [0.5, 0.6) is 23.0 Å². The molecular formula is C30H22N2O5. The van der Waals surface area contributed by atoms with Crippen LogP contribution in [0.15, 0.2) is 78.9 Å². The summed E-state index contributed by atoms with van der Waals surface area (Å²) in [6.45, 7) is 0. The third-order valence-electron chi connectivity index (χ3n) is 6.40. The molecule has 0 N–H and O–H groups in total. The largest absolute Gasteiger partial charge is 0.493 e. The van der Waals surface area contributed by atoms with Gasteiger partial charge in [0.1, 0.15) is 5.75 Å². The molecule has 0 radical (unpaired) electrons. The predicted octanol–water partition coefficient (Wildman–Crippen LogP) is 6.33. The summed E-state index contributed by atoms with van der Waals surface area (Å²) < 4.78 is 21.7. The first kappa shape index (κ1) is 22.5. The quantitative estimate of drug-likeness (QED) is 0.121. The van der Waals surface area contributed by atoms with Gasteiger partial charge in [-0.3, -0.25) is 0 Å². The number of carbonyl (C=O) groups excluding carboxylic acids is 1. The van der Waals surface area contributed by atoms with Crippen molar-refractivity contribution in [3.05, 3.63) is 84.4 Å². The predicted molar refractivity (Wildman–Crippen MR) is 143 cm³/mol. The molecular weight excluding hydrogens is 468 g/mol. The minimum Gasteiger partial charge on any atom is -0.493 e. The number of nitrogens with zero attached hydrogens (tertiary/aromatic N) is 2. The molecule has 0 saturated carbocycles. The third-order valence-corrected chi connectivity index (χ3v) is 6.40. The number of hydrogen-bond donors (Lipinski definition) is 0. The zero-order valence-corrected chi connectivity index (χ0v) is 20.4. The SMILES string of the molecule is COc1cc(C(=O)Oc2ccc3nc4c5ccccc5c5ccccc5c4nc3c2)cc(OC)c1OC. The van der Waals surface area contributed by atoms with Crippen molar-refractivity contribution in [3.8, 4) is 23.0 Å². The number of rotatable bonds is 5. The van der Waals surface area contributed by atoms with E-state index in [0.29, 0.717) is 34.0 Å². The maximum absolute atomic E-state index is 13.0. The summed E-state index contributed by atoms with van der Waals surface area (Å²) in [5.41, 5.74) is 3.24. The first-order chi connectivity index (χ1) is 18.1. The van der Waals surface area contributed by atoms with Gasteiger partial charge in [0, 0.05) is 16.8 Å². The number of methoxy groups -OCH3 is 3. The molecule has 0 fully saturated rings. The molecule has 1 aromatic heterocycles. The molecule has 0 saturated heterocycles. The summed E-state index contributed by atoms with van der Waals surface area (Å²) in [6, 6.07) is 24.7. The molecule has 7 heteroatoms. The first-order valence-electron chi connectivity index (χ1n) is 11.6. The molecule has 0 bridgehead atoms. The Morgan fingerprint density at radius 1 is 0.622 bits per heavy atom. The normalized spacial score (nSPS) is 11.2. The van der Waals surface area contributed by atoms with E-state index in [0.717, 1.165) is 32.6 Å². The van der Waals surface area contributed by atoms with E-state index in [1.165, 1.54) is 21.3 Å². The van der Waals surface area contributed by atoms with Crippen LogP contribution in [0.2, 0.25) is 0 Å². The smallest absolute Gasteiger partial charge is 0.343 e. The van der Waals surface area contributed by atoms with E-state index in [9.17, 15) is 4.79 Å². The van der Waals surface area contributed by atoms with E-state index in [2.05, 4.69) is 24.3 Å². The minimum atomic E-state index is -0.566. The second-order valence-corrected chi connectivity index (χ2v) is 8.47. The molecule has 5 aromatic carbocycles. The molecule has 0 amide bonds. The van der Waals surface area contributed by atoms with Crippen molar-refractivity contribution in [2.24, 2.45) is 0 Å². The van der Waals surface area contributed by atoms with Crippen molar-refractivity contribution >= 4 is 49.6 Å². The summed E-state index contributed by atoms with van der Waals surface area (Å²) in [5, 5.41) is 4.31. The molecule has 37 heavy (non-hydrogen) atoms. The van der Waals surface area contributed by atoms with Crippen molar-refractivity contribution in [2.45, 2.75) is 0 Å². The van der Waals surface area contributed by atoms with Crippen molar-refractivity contribution in [2.75, 3.05) is 21.3 Å². The van der Waals surface area contributed by atoms with E-state index < -0.39 is 5.97 Å². The van der Waals surface area contributed by atoms with E-state index in [-0.39, 0.29) is 5.56 Å². The molecule has 0 unspecified atom stereocenters. The van der Waals surface area contributed by atoms with Crippen LogP contribution in [0.25, 0.3) is 43.6 Å². The summed E-state index contributed by atoms with van der Waals surface area (Å²) >= 11 is 0. The van der Waals surface area contributed by atoms with E-state index in [4.69, 9.17) is 28.9 Å². The fraction of sp³-hybridized carbons (Fsp3) is 0.100. The summed E-state index contributed by atoms with van der Waals surface area (Å²) in [6.07, 6.45) is 0. The van der Waals surface area contributed by atoms with Gasteiger partial charge in [-0.2, -0.15) is 0 Å². The highest BCUT2D eigenvalue weighted by atomic mass is 16.5. The monoisotopic (exact) mass is 490 g/mol.